The first-order valence-corrected chi connectivity index (χ1v) is 7.11. The van der Waals surface area contributed by atoms with Crippen molar-refractivity contribution in [3.8, 4) is 0 Å². The van der Waals surface area contributed by atoms with Gasteiger partial charge in [-0.25, -0.2) is 8.42 Å². The van der Waals surface area contributed by atoms with Crippen LogP contribution in [-0.4, -0.2) is 56.2 Å². The third-order valence-corrected chi connectivity index (χ3v) is 4.81. The van der Waals surface area contributed by atoms with E-state index in [0.29, 0.717) is 0 Å². The highest BCUT2D eigenvalue weighted by Crippen LogP contribution is 2.29. The number of halogens is 3. The van der Waals surface area contributed by atoms with Gasteiger partial charge in [-0.2, -0.15) is 13.2 Å². The van der Waals surface area contributed by atoms with Crippen molar-refractivity contribution in [3.63, 3.8) is 0 Å². The fourth-order valence-electron chi connectivity index (χ4n) is 2.22. The second-order valence-electron chi connectivity index (χ2n) is 4.57. The van der Waals surface area contributed by atoms with E-state index in [1.165, 1.54) is 14.0 Å². The maximum Gasteiger partial charge on any atom is 0.405 e. The number of rotatable bonds is 3. The summed E-state index contributed by atoms with van der Waals surface area (Å²) >= 11 is 0. The monoisotopic (exact) mass is 274 g/mol. The molecule has 0 aliphatic carbocycles. The molecular weight excluding hydrogens is 257 g/mol. The number of hydrogen-bond donors (Lipinski definition) is 1. The average Bonchev–Trinajstić information content (AvgIpc) is 2.42. The molecule has 0 aromatic heterocycles. The minimum atomic E-state index is -4.45. The average molecular weight is 274 g/mol. The Kier molecular flexibility index (Phi) is 4.10. The smallest absolute Gasteiger partial charge is 0.326 e. The molecule has 3 atom stereocenters. The van der Waals surface area contributed by atoms with Gasteiger partial charge in [0.05, 0.1) is 11.5 Å². The zero-order valence-corrected chi connectivity index (χ0v) is 10.6. The summed E-state index contributed by atoms with van der Waals surface area (Å²) in [6.45, 7) is 1.28. The highest BCUT2D eigenvalue weighted by atomic mass is 32.2. The molecule has 1 aliphatic rings. The molecule has 0 bridgehead atoms. The van der Waals surface area contributed by atoms with E-state index in [1.54, 1.807) is 0 Å². The molecule has 0 aromatic carbocycles. The molecule has 0 saturated carbocycles. The van der Waals surface area contributed by atoms with Gasteiger partial charge in [0.1, 0.15) is 6.04 Å². The van der Waals surface area contributed by atoms with Crippen LogP contribution in [0.5, 0.6) is 0 Å². The van der Waals surface area contributed by atoms with Gasteiger partial charge in [0.15, 0.2) is 9.84 Å². The molecule has 1 saturated heterocycles. The van der Waals surface area contributed by atoms with Gasteiger partial charge in [-0.3, -0.25) is 4.90 Å². The van der Waals surface area contributed by atoms with Gasteiger partial charge < -0.3 is 5.73 Å². The summed E-state index contributed by atoms with van der Waals surface area (Å²) in [5.41, 5.74) is 5.35. The molecule has 1 rings (SSSR count). The van der Waals surface area contributed by atoms with Gasteiger partial charge in [-0.1, -0.05) is 0 Å². The van der Waals surface area contributed by atoms with E-state index in [2.05, 4.69) is 0 Å². The summed E-state index contributed by atoms with van der Waals surface area (Å²) in [5.74, 6) is -0.270. The maximum atomic E-state index is 12.8. The molecule has 102 valence electrons. The minimum absolute atomic E-state index is 0.0501. The van der Waals surface area contributed by atoms with E-state index in [9.17, 15) is 21.6 Å². The van der Waals surface area contributed by atoms with Crippen molar-refractivity contribution >= 4 is 9.84 Å². The maximum absolute atomic E-state index is 12.8. The standard InChI is InChI=1S/C9H17F3N2O2S/c1-6(13)8(9(10,11)12)14(2)7-3-4-17(15,16)5-7/h6-8H,3-5,13H2,1-2H3. The molecule has 8 heteroatoms. The van der Waals surface area contributed by atoms with Crippen LogP contribution in [0.25, 0.3) is 0 Å². The molecule has 0 radical (unpaired) electrons. The molecule has 4 nitrogen and oxygen atoms in total. The fourth-order valence-corrected chi connectivity index (χ4v) is 4.01. The van der Waals surface area contributed by atoms with Crippen LogP contribution in [0.4, 0.5) is 13.2 Å². The Labute approximate surface area is 98.9 Å². The molecule has 3 unspecified atom stereocenters. The zero-order valence-electron chi connectivity index (χ0n) is 9.74. The Hall–Kier alpha value is -0.340. The zero-order chi connectivity index (χ0) is 13.4. The number of likely N-dealkylation sites (N-methyl/N-ethyl adjacent to an activating group) is 1. The topological polar surface area (TPSA) is 63.4 Å². The van der Waals surface area contributed by atoms with E-state index in [0.717, 1.165) is 4.90 Å². The molecular formula is C9H17F3N2O2S. The fraction of sp³-hybridized carbons (Fsp3) is 1.00. The highest BCUT2D eigenvalue weighted by molar-refractivity contribution is 7.91. The van der Waals surface area contributed by atoms with Crippen LogP contribution in [0.15, 0.2) is 0 Å². The quantitative estimate of drug-likeness (QED) is 0.808. The largest absolute Gasteiger partial charge is 0.405 e. The Morgan fingerprint density at radius 3 is 2.24 bits per heavy atom. The van der Waals surface area contributed by atoms with Crippen molar-refractivity contribution in [3.05, 3.63) is 0 Å². The van der Waals surface area contributed by atoms with Crippen molar-refractivity contribution < 1.29 is 21.6 Å². The number of alkyl halides is 3. The first-order valence-electron chi connectivity index (χ1n) is 5.29. The first-order chi connectivity index (χ1) is 7.54. The lowest BCUT2D eigenvalue weighted by atomic mass is 10.1. The lowest BCUT2D eigenvalue weighted by Crippen LogP contribution is -2.56. The third-order valence-electron chi connectivity index (χ3n) is 3.06. The van der Waals surface area contributed by atoms with Crippen LogP contribution in [0.1, 0.15) is 13.3 Å². The molecule has 2 N–H and O–H groups in total. The summed E-state index contributed by atoms with van der Waals surface area (Å²) in [6, 6.07) is -3.50. The van der Waals surface area contributed by atoms with Crippen molar-refractivity contribution in [2.24, 2.45) is 5.73 Å². The van der Waals surface area contributed by atoms with Crippen molar-refractivity contribution in [2.45, 2.75) is 37.6 Å². The van der Waals surface area contributed by atoms with Gasteiger partial charge in [0.2, 0.25) is 0 Å². The summed E-state index contributed by atoms with van der Waals surface area (Å²) in [5, 5.41) is 0. The van der Waals surface area contributed by atoms with E-state index in [4.69, 9.17) is 5.73 Å². The van der Waals surface area contributed by atoms with Crippen LogP contribution < -0.4 is 5.73 Å². The van der Waals surface area contributed by atoms with E-state index >= 15 is 0 Å². The Balaban J connectivity index is 2.84. The van der Waals surface area contributed by atoms with E-state index in [-0.39, 0.29) is 17.9 Å². The summed E-state index contributed by atoms with van der Waals surface area (Å²) < 4.78 is 60.9. The second-order valence-corrected chi connectivity index (χ2v) is 6.80. The van der Waals surface area contributed by atoms with Crippen LogP contribution in [0, 0.1) is 0 Å². The second kappa shape index (κ2) is 4.74. The summed E-state index contributed by atoms with van der Waals surface area (Å²) in [6.07, 6.45) is -4.21. The van der Waals surface area contributed by atoms with Crippen LogP contribution in [0.2, 0.25) is 0 Å². The van der Waals surface area contributed by atoms with Crippen molar-refractivity contribution in [2.75, 3.05) is 18.6 Å². The lowest BCUT2D eigenvalue weighted by Gasteiger charge is -2.36. The summed E-state index contributed by atoms with van der Waals surface area (Å²) in [4.78, 5) is 1.05. The summed E-state index contributed by atoms with van der Waals surface area (Å²) in [7, 11) is -1.91. The number of sulfone groups is 1. The van der Waals surface area contributed by atoms with Gasteiger partial charge in [0, 0.05) is 12.1 Å². The number of nitrogens with two attached hydrogens (primary N) is 1. The van der Waals surface area contributed by atoms with Gasteiger partial charge >= 0.3 is 6.18 Å². The molecule has 1 fully saturated rings. The normalized spacial score (nSPS) is 28.3. The predicted octanol–water partition coefficient (Wildman–Crippen LogP) is 0.383. The Morgan fingerprint density at radius 1 is 1.41 bits per heavy atom. The van der Waals surface area contributed by atoms with Gasteiger partial charge in [0.25, 0.3) is 0 Å². The third kappa shape index (κ3) is 3.56. The van der Waals surface area contributed by atoms with E-state index < -0.39 is 34.1 Å². The molecule has 17 heavy (non-hydrogen) atoms. The van der Waals surface area contributed by atoms with E-state index in [1.807, 2.05) is 0 Å². The van der Waals surface area contributed by atoms with Gasteiger partial charge in [-0.05, 0) is 20.4 Å². The Morgan fingerprint density at radius 2 is 1.94 bits per heavy atom. The van der Waals surface area contributed by atoms with Crippen LogP contribution in [-0.2, 0) is 9.84 Å². The van der Waals surface area contributed by atoms with Gasteiger partial charge in [-0.15, -0.1) is 0 Å². The molecule has 0 aromatic rings. The molecule has 1 heterocycles. The molecule has 0 spiro atoms. The number of hydrogen-bond acceptors (Lipinski definition) is 4. The predicted molar refractivity (Wildman–Crippen MR) is 58.3 cm³/mol. The first kappa shape index (κ1) is 14.7. The van der Waals surface area contributed by atoms with Crippen molar-refractivity contribution in [1.82, 2.24) is 4.90 Å². The Bertz CT molecular complexity index is 367. The van der Waals surface area contributed by atoms with Crippen molar-refractivity contribution in [1.29, 1.82) is 0 Å². The molecule has 0 amide bonds. The minimum Gasteiger partial charge on any atom is -0.326 e. The SMILES string of the molecule is CC(N)C(N(C)C1CCS(=O)(=O)C1)C(F)(F)F. The van der Waals surface area contributed by atoms with Crippen LogP contribution >= 0.6 is 0 Å². The lowest BCUT2D eigenvalue weighted by molar-refractivity contribution is -0.189. The molecule has 1 aliphatic heterocycles. The van der Waals surface area contributed by atoms with Crippen LogP contribution in [0.3, 0.4) is 0 Å². The highest BCUT2D eigenvalue weighted by Gasteiger charge is 2.47. The number of nitrogens with zero attached hydrogens (tertiary/aromatic N) is 1.